The molecule has 2 heterocycles. The molecule has 142 valence electrons. The van der Waals surface area contributed by atoms with Crippen LogP contribution in [0.4, 0.5) is 10.8 Å². The maximum Gasteiger partial charge on any atom is 0.237 e. The topological polar surface area (TPSA) is 86.0 Å². The number of nitrogens with one attached hydrogen (secondary N) is 1. The summed E-state index contributed by atoms with van der Waals surface area (Å²) in [4.78, 5) is 4.44. The Morgan fingerprint density at radius 1 is 1.18 bits per heavy atom. The zero-order valence-electron chi connectivity index (χ0n) is 14.6. The quantitative estimate of drug-likeness (QED) is 0.355. The van der Waals surface area contributed by atoms with Gasteiger partial charge in [-0.25, -0.2) is 0 Å². The van der Waals surface area contributed by atoms with Crippen molar-refractivity contribution in [2.45, 2.75) is 10.1 Å². The highest BCUT2D eigenvalue weighted by atomic mass is 79.9. The first-order valence-electron chi connectivity index (χ1n) is 8.16. The predicted octanol–water partition coefficient (Wildman–Crippen LogP) is 5.40. The van der Waals surface area contributed by atoms with Gasteiger partial charge in [-0.3, -0.25) is 0 Å². The molecular formula is C18H14BrN5O2S2. The van der Waals surface area contributed by atoms with E-state index in [-0.39, 0.29) is 0 Å². The van der Waals surface area contributed by atoms with E-state index in [0.29, 0.717) is 22.6 Å². The van der Waals surface area contributed by atoms with Crippen molar-refractivity contribution in [2.24, 2.45) is 0 Å². The summed E-state index contributed by atoms with van der Waals surface area (Å²) in [5.41, 5.74) is 1.74. The van der Waals surface area contributed by atoms with E-state index < -0.39 is 0 Å². The average molecular weight is 476 g/mol. The van der Waals surface area contributed by atoms with Gasteiger partial charge in [0.1, 0.15) is 5.75 Å². The number of ether oxygens (including phenoxy) is 1. The molecule has 0 fully saturated rings. The SMILES string of the molecule is COc1ccccc1Nc1nnc(SCc2nc(-c3cccc(Br)c3)no2)s1. The van der Waals surface area contributed by atoms with Crippen LogP contribution in [-0.4, -0.2) is 27.4 Å². The van der Waals surface area contributed by atoms with Crippen LogP contribution in [0.2, 0.25) is 0 Å². The van der Waals surface area contributed by atoms with Crippen molar-refractivity contribution in [2.75, 3.05) is 12.4 Å². The molecule has 0 radical (unpaired) electrons. The molecule has 2 aromatic carbocycles. The molecule has 0 aliphatic carbocycles. The summed E-state index contributed by atoms with van der Waals surface area (Å²) in [5.74, 6) is 2.37. The zero-order chi connectivity index (χ0) is 19.3. The highest BCUT2D eigenvalue weighted by Gasteiger charge is 2.12. The van der Waals surface area contributed by atoms with E-state index >= 15 is 0 Å². The van der Waals surface area contributed by atoms with E-state index in [1.165, 1.54) is 23.1 Å². The summed E-state index contributed by atoms with van der Waals surface area (Å²) in [6, 6.07) is 15.4. The molecule has 0 unspecified atom stereocenters. The van der Waals surface area contributed by atoms with Gasteiger partial charge >= 0.3 is 0 Å². The Hall–Kier alpha value is -2.43. The van der Waals surface area contributed by atoms with Gasteiger partial charge in [-0.2, -0.15) is 4.98 Å². The van der Waals surface area contributed by atoms with Crippen molar-refractivity contribution in [3.8, 4) is 17.1 Å². The maximum absolute atomic E-state index is 5.34. The first-order chi connectivity index (χ1) is 13.7. The molecule has 0 bridgehead atoms. The molecule has 0 amide bonds. The molecule has 0 saturated heterocycles. The summed E-state index contributed by atoms with van der Waals surface area (Å²) in [6.45, 7) is 0. The largest absolute Gasteiger partial charge is 0.495 e. The minimum Gasteiger partial charge on any atom is -0.495 e. The Kier molecular flexibility index (Phi) is 5.89. The van der Waals surface area contributed by atoms with Gasteiger partial charge in [0, 0.05) is 10.0 Å². The average Bonchev–Trinajstić information content (AvgIpc) is 3.36. The van der Waals surface area contributed by atoms with Crippen molar-refractivity contribution < 1.29 is 9.26 Å². The number of para-hydroxylation sites is 2. The second-order valence-corrected chi connectivity index (χ2v) is 8.62. The Morgan fingerprint density at radius 2 is 2.07 bits per heavy atom. The molecule has 0 saturated carbocycles. The van der Waals surface area contributed by atoms with Crippen molar-refractivity contribution in [1.82, 2.24) is 20.3 Å². The fraction of sp³-hybridized carbons (Fsp3) is 0.111. The zero-order valence-corrected chi connectivity index (χ0v) is 17.8. The highest BCUT2D eigenvalue weighted by Crippen LogP contribution is 2.32. The first kappa shape index (κ1) is 18.9. The highest BCUT2D eigenvalue weighted by molar-refractivity contribution is 9.10. The lowest BCUT2D eigenvalue weighted by atomic mass is 10.2. The van der Waals surface area contributed by atoms with Gasteiger partial charge < -0.3 is 14.6 Å². The van der Waals surface area contributed by atoms with Crippen LogP contribution in [0.25, 0.3) is 11.4 Å². The number of thioether (sulfide) groups is 1. The molecule has 4 rings (SSSR count). The molecule has 28 heavy (non-hydrogen) atoms. The van der Waals surface area contributed by atoms with Crippen LogP contribution >= 0.6 is 39.0 Å². The molecule has 10 heteroatoms. The number of hydrogen-bond donors (Lipinski definition) is 1. The fourth-order valence-electron chi connectivity index (χ4n) is 2.36. The summed E-state index contributed by atoms with van der Waals surface area (Å²) >= 11 is 6.39. The number of hydrogen-bond acceptors (Lipinski definition) is 9. The van der Waals surface area contributed by atoms with Crippen LogP contribution in [0.15, 0.2) is 61.9 Å². The van der Waals surface area contributed by atoms with Crippen molar-refractivity contribution in [1.29, 1.82) is 0 Å². The van der Waals surface area contributed by atoms with Gasteiger partial charge in [-0.15, -0.1) is 10.2 Å². The van der Waals surface area contributed by atoms with Gasteiger partial charge in [-0.05, 0) is 24.3 Å². The number of halogens is 1. The van der Waals surface area contributed by atoms with E-state index in [1.807, 2.05) is 48.5 Å². The van der Waals surface area contributed by atoms with Crippen LogP contribution in [0.1, 0.15) is 5.89 Å². The van der Waals surface area contributed by atoms with Gasteiger partial charge in [0.25, 0.3) is 0 Å². The van der Waals surface area contributed by atoms with Crippen LogP contribution in [-0.2, 0) is 5.75 Å². The van der Waals surface area contributed by atoms with Crippen LogP contribution in [0, 0.1) is 0 Å². The second-order valence-electron chi connectivity index (χ2n) is 5.51. The summed E-state index contributed by atoms with van der Waals surface area (Å²) in [5, 5.41) is 16.3. The smallest absolute Gasteiger partial charge is 0.237 e. The molecule has 0 atom stereocenters. The first-order valence-corrected chi connectivity index (χ1v) is 10.8. The Balaban J connectivity index is 1.39. The minimum absolute atomic E-state index is 0.518. The normalized spacial score (nSPS) is 10.8. The van der Waals surface area contributed by atoms with E-state index in [9.17, 15) is 0 Å². The maximum atomic E-state index is 5.34. The Labute approximate surface area is 177 Å². The molecule has 2 aromatic heterocycles. The van der Waals surface area contributed by atoms with Crippen LogP contribution < -0.4 is 10.1 Å². The molecule has 1 N–H and O–H groups in total. The van der Waals surface area contributed by atoms with Crippen molar-refractivity contribution in [3.05, 3.63) is 58.9 Å². The lowest BCUT2D eigenvalue weighted by Gasteiger charge is -2.07. The van der Waals surface area contributed by atoms with Gasteiger partial charge in [0.05, 0.1) is 18.6 Å². The fourth-order valence-corrected chi connectivity index (χ4v) is 4.36. The van der Waals surface area contributed by atoms with Crippen molar-refractivity contribution in [3.63, 3.8) is 0 Å². The number of aromatic nitrogens is 4. The lowest BCUT2D eigenvalue weighted by Crippen LogP contribution is -1.93. The molecule has 4 aromatic rings. The van der Waals surface area contributed by atoms with E-state index in [2.05, 4.69) is 41.6 Å². The van der Waals surface area contributed by atoms with E-state index in [4.69, 9.17) is 9.26 Å². The molecule has 0 aliphatic rings. The van der Waals surface area contributed by atoms with E-state index in [1.54, 1.807) is 7.11 Å². The van der Waals surface area contributed by atoms with Crippen molar-refractivity contribution >= 4 is 49.8 Å². The number of nitrogens with zero attached hydrogens (tertiary/aromatic N) is 4. The Bertz CT molecular complexity index is 1090. The molecule has 0 spiro atoms. The molecule has 7 nitrogen and oxygen atoms in total. The summed E-state index contributed by atoms with van der Waals surface area (Å²) in [7, 11) is 1.63. The predicted molar refractivity (Wildman–Crippen MR) is 113 cm³/mol. The van der Waals surface area contributed by atoms with E-state index in [0.717, 1.165) is 25.8 Å². The number of benzene rings is 2. The van der Waals surface area contributed by atoms with Gasteiger partial charge in [0.2, 0.25) is 16.8 Å². The third-order valence-electron chi connectivity index (χ3n) is 3.63. The molecular weight excluding hydrogens is 462 g/mol. The number of methoxy groups -OCH3 is 1. The Morgan fingerprint density at radius 3 is 2.93 bits per heavy atom. The third kappa shape index (κ3) is 4.51. The van der Waals surface area contributed by atoms with Gasteiger partial charge in [-0.1, -0.05) is 68.5 Å². The standard InChI is InChI=1S/C18H14BrN5O2S2/c1-25-14-8-3-2-7-13(14)20-17-22-23-18(28-17)27-10-15-21-16(24-26-15)11-5-4-6-12(19)9-11/h2-9H,10H2,1H3,(H,20,22). The minimum atomic E-state index is 0.518. The lowest BCUT2D eigenvalue weighted by molar-refractivity contribution is 0.391. The third-order valence-corrected chi connectivity index (χ3v) is 6.08. The van der Waals surface area contributed by atoms with Crippen LogP contribution in [0.3, 0.4) is 0 Å². The van der Waals surface area contributed by atoms with Gasteiger partial charge in [0.15, 0.2) is 4.34 Å². The second kappa shape index (κ2) is 8.72. The summed E-state index contributed by atoms with van der Waals surface area (Å²) < 4.78 is 12.4. The number of rotatable bonds is 7. The van der Waals surface area contributed by atoms with Crippen LogP contribution in [0.5, 0.6) is 5.75 Å². The summed E-state index contributed by atoms with van der Waals surface area (Å²) in [6.07, 6.45) is 0. The number of anilines is 2. The molecule has 0 aliphatic heterocycles. The monoisotopic (exact) mass is 475 g/mol.